The smallest absolute Gasteiger partial charge is 0.185 e. The number of fused-ring (bicyclic) bond motifs is 1. The summed E-state index contributed by atoms with van der Waals surface area (Å²) in [5, 5.41) is 6.96. The van der Waals surface area contributed by atoms with Crippen molar-refractivity contribution in [1.82, 2.24) is 14.8 Å². The van der Waals surface area contributed by atoms with Crippen LogP contribution in [-0.4, -0.2) is 20.5 Å². The van der Waals surface area contributed by atoms with Gasteiger partial charge < -0.3 is 0 Å². The largest absolute Gasteiger partial charge is 0.289 e. The molecule has 154 valence electrons. The van der Waals surface area contributed by atoms with Crippen molar-refractivity contribution in [3.63, 3.8) is 0 Å². The first kappa shape index (κ1) is 19.6. The van der Waals surface area contributed by atoms with Crippen molar-refractivity contribution < 1.29 is 4.79 Å². The van der Waals surface area contributed by atoms with Crippen LogP contribution in [0.15, 0.2) is 110 Å². The molecule has 0 saturated heterocycles. The fourth-order valence-electron chi connectivity index (χ4n) is 3.74. The average Bonchev–Trinajstić information content (AvgIpc) is 3.26. The van der Waals surface area contributed by atoms with Crippen LogP contribution in [0.4, 0.5) is 0 Å². The Kier molecular flexibility index (Phi) is 5.41. The zero-order valence-electron chi connectivity index (χ0n) is 17.4. The highest BCUT2D eigenvalue weighted by Crippen LogP contribution is 2.23. The minimum atomic E-state index is -0.0382. The van der Waals surface area contributed by atoms with Gasteiger partial charge in [-0.25, -0.2) is 0 Å². The first-order valence-electron chi connectivity index (χ1n) is 10.5. The molecule has 4 nitrogen and oxygen atoms in total. The molecule has 0 fully saturated rings. The topological polar surface area (TPSA) is 47.8 Å². The van der Waals surface area contributed by atoms with Gasteiger partial charge >= 0.3 is 0 Å². The number of ketones is 1. The number of nitrogens with zero attached hydrogens (tertiary/aromatic N) is 3. The summed E-state index contributed by atoms with van der Waals surface area (Å²) in [5.41, 5.74) is 4.42. The van der Waals surface area contributed by atoms with E-state index in [-0.39, 0.29) is 5.78 Å². The van der Waals surface area contributed by atoms with Crippen LogP contribution in [0.2, 0.25) is 0 Å². The maximum absolute atomic E-state index is 12.9. The minimum Gasteiger partial charge on any atom is -0.289 e. The van der Waals surface area contributed by atoms with E-state index in [1.165, 1.54) is 0 Å². The lowest BCUT2D eigenvalue weighted by molar-refractivity contribution is 0.104. The van der Waals surface area contributed by atoms with Crippen LogP contribution in [0.1, 0.15) is 21.5 Å². The molecule has 0 atom stereocenters. The minimum absolute atomic E-state index is 0.0382. The Morgan fingerprint density at radius 1 is 0.875 bits per heavy atom. The van der Waals surface area contributed by atoms with Gasteiger partial charge in [0.25, 0.3) is 0 Å². The summed E-state index contributed by atoms with van der Waals surface area (Å²) >= 11 is 0. The maximum Gasteiger partial charge on any atom is 0.185 e. The lowest BCUT2D eigenvalue weighted by Gasteiger charge is -2.01. The summed E-state index contributed by atoms with van der Waals surface area (Å²) in [5.74, 6) is -0.0382. The number of aromatic nitrogens is 3. The van der Waals surface area contributed by atoms with Crippen molar-refractivity contribution in [1.29, 1.82) is 0 Å². The van der Waals surface area contributed by atoms with Gasteiger partial charge in [0.15, 0.2) is 5.78 Å². The molecule has 3 aromatic carbocycles. The molecule has 0 unspecified atom stereocenters. The first-order chi connectivity index (χ1) is 15.8. The molecule has 5 rings (SSSR count). The monoisotopic (exact) mass is 415 g/mol. The normalized spacial score (nSPS) is 11.2. The van der Waals surface area contributed by atoms with Gasteiger partial charge in [0, 0.05) is 35.3 Å². The number of hydrogen-bond donors (Lipinski definition) is 0. The molecule has 2 heterocycles. The zero-order chi connectivity index (χ0) is 21.8. The Hall–Kier alpha value is -4.31. The van der Waals surface area contributed by atoms with Crippen LogP contribution in [0, 0.1) is 0 Å². The SMILES string of the molecule is O=C(C=Cc1cn(Cc2ccccc2)nc1-c1cccnc1)c1ccc2ccccc2c1. The summed E-state index contributed by atoms with van der Waals surface area (Å²) in [4.78, 5) is 17.1. The van der Waals surface area contributed by atoms with Crippen LogP contribution in [0.5, 0.6) is 0 Å². The third kappa shape index (κ3) is 4.25. The number of benzene rings is 3. The number of allylic oxidation sites excluding steroid dienone is 1. The van der Waals surface area contributed by atoms with E-state index < -0.39 is 0 Å². The van der Waals surface area contributed by atoms with Crippen LogP contribution in [0.25, 0.3) is 28.1 Å². The Labute approximate surface area is 186 Å². The molecule has 0 aliphatic rings. The number of pyridine rings is 1. The van der Waals surface area contributed by atoms with Crippen molar-refractivity contribution in [2.24, 2.45) is 0 Å². The zero-order valence-corrected chi connectivity index (χ0v) is 17.4. The molecule has 4 heteroatoms. The molecule has 0 N–H and O–H groups in total. The molecule has 0 aliphatic carbocycles. The van der Waals surface area contributed by atoms with Crippen LogP contribution < -0.4 is 0 Å². The van der Waals surface area contributed by atoms with Gasteiger partial charge in [-0.15, -0.1) is 0 Å². The molecular weight excluding hydrogens is 394 g/mol. The first-order valence-corrected chi connectivity index (χ1v) is 10.5. The van der Waals surface area contributed by atoms with Crippen LogP contribution in [0.3, 0.4) is 0 Å². The Bertz CT molecular complexity index is 1400. The molecule has 2 aromatic heterocycles. The standard InChI is InChI=1S/C28H21N3O/c32-27(24-13-12-22-9-4-5-10-23(22)17-24)15-14-26-20-31(19-21-7-2-1-3-8-21)30-28(26)25-11-6-16-29-18-25/h1-18,20H,19H2. The van der Waals surface area contributed by atoms with Gasteiger partial charge in [-0.1, -0.05) is 66.7 Å². The van der Waals surface area contributed by atoms with Gasteiger partial charge in [-0.2, -0.15) is 5.10 Å². The molecule has 0 amide bonds. The third-order valence-corrected chi connectivity index (χ3v) is 5.36. The van der Waals surface area contributed by atoms with Gasteiger partial charge in [-0.3, -0.25) is 14.5 Å². The molecule has 0 bridgehead atoms. The second-order valence-electron chi connectivity index (χ2n) is 7.62. The Morgan fingerprint density at radius 2 is 1.69 bits per heavy atom. The maximum atomic E-state index is 12.9. The second kappa shape index (κ2) is 8.82. The summed E-state index contributed by atoms with van der Waals surface area (Å²) in [7, 11) is 0. The van der Waals surface area contributed by atoms with Crippen LogP contribution >= 0.6 is 0 Å². The van der Waals surface area contributed by atoms with Crippen molar-refractivity contribution in [2.75, 3.05) is 0 Å². The van der Waals surface area contributed by atoms with E-state index in [0.29, 0.717) is 12.1 Å². The van der Waals surface area contributed by atoms with Crippen molar-refractivity contribution in [2.45, 2.75) is 6.54 Å². The number of rotatable bonds is 6. The van der Waals surface area contributed by atoms with E-state index in [1.54, 1.807) is 18.5 Å². The van der Waals surface area contributed by atoms with Gasteiger partial charge in [0.05, 0.1) is 6.54 Å². The summed E-state index contributed by atoms with van der Waals surface area (Å²) < 4.78 is 1.90. The molecule has 0 spiro atoms. The highest BCUT2D eigenvalue weighted by atomic mass is 16.1. The summed E-state index contributed by atoms with van der Waals surface area (Å²) in [6.07, 6.45) is 8.96. The molecule has 5 aromatic rings. The highest BCUT2D eigenvalue weighted by molar-refractivity contribution is 6.09. The van der Waals surface area contributed by atoms with Crippen molar-refractivity contribution in [3.05, 3.63) is 126 Å². The van der Waals surface area contributed by atoms with E-state index in [2.05, 4.69) is 17.1 Å². The average molecular weight is 415 g/mol. The van der Waals surface area contributed by atoms with E-state index in [4.69, 9.17) is 5.10 Å². The molecule has 0 radical (unpaired) electrons. The lowest BCUT2D eigenvalue weighted by Crippen LogP contribution is -2.00. The van der Waals surface area contributed by atoms with Gasteiger partial charge in [-0.05, 0) is 46.7 Å². The van der Waals surface area contributed by atoms with Gasteiger partial charge in [0.1, 0.15) is 5.69 Å². The molecule has 32 heavy (non-hydrogen) atoms. The van der Waals surface area contributed by atoms with Gasteiger partial charge in [0.2, 0.25) is 0 Å². The lowest BCUT2D eigenvalue weighted by atomic mass is 10.0. The summed E-state index contributed by atoms with van der Waals surface area (Å²) in [6.45, 7) is 0.653. The molecule has 0 aliphatic heterocycles. The third-order valence-electron chi connectivity index (χ3n) is 5.36. The van der Waals surface area contributed by atoms with E-state index in [9.17, 15) is 4.79 Å². The Balaban J connectivity index is 1.46. The molecule has 0 saturated carbocycles. The van der Waals surface area contributed by atoms with Crippen molar-refractivity contribution in [3.8, 4) is 11.3 Å². The van der Waals surface area contributed by atoms with E-state index in [0.717, 1.165) is 33.2 Å². The van der Waals surface area contributed by atoms with E-state index >= 15 is 0 Å². The quantitative estimate of drug-likeness (QED) is 0.251. The van der Waals surface area contributed by atoms with Crippen molar-refractivity contribution >= 4 is 22.6 Å². The molecular formula is C28H21N3O. The predicted octanol–water partition coefficient (Wildman–Crippen LogP) is 6.04. The highest BCUT2D eigenvalue weighted by Gasteiger charge is 2.11. The fraction of sp³-hybridized carbons (Fsp3) is 0.0357. The Morgan fingerprint density at radius 3 is 2.50 bits per heavy atom. The number of hydrogen-bond acceptors (Lipinski definition) is 3. The second-order valence-corrected chi connectivity index (χ2v) is 7.62. The summed E-state index contributed by atoms with van der Waals surface area (Å²) in [6, 6.07) is 27.9. The van der Waals surface area contributed by atoms with Crippen LogP contribution in [-0.2, 0) is 6.54 Å². The van der Waals surface area contributed by atoms with E-state index in [1.807, 2.05) is 89.8 Å². The number of carbonyl (C=O) groups excluding carboxylic acids is 1. The number of carbonyl (C=O) groups is 1. The predicted molar refractivity (Wildman–Crippen MR) is 128 cm³/mol. The fourth-order valence-corrected chi connectivity index (χ4v) is 3.74.